The Morgan fingerprint density at radius 3 is 2.94 bits per heavy atom. The molecule has 2 aromatic rings. The van der Waals surface area contributed by atoms with E-state index in [1.165, 1.54) is 5.56 Å². The zero-order chi connectivity index (χ0) is 11.4. The predicted octanol–water partition coefficient (Wildman–Crippen LogP) is 3.10. The molecule has 0 radical (unpaired) electrons. The Morgan fingerprint density at radius 2 is 2.25 bits per heavy atom. The molecule has 1 aromatic heterocycles. The molecular weight excluding hydrogens is 238 g/mol. The summed E-state index contributed by atoms with van der Waals surface area (Å²) < 4.78 is 11.3. The van der Waals surface area contributed by atoms with Crippen LogP contribution in [0.5, 0.6) is 0 Å². The molecule has 1 unspecified atom stereocenters. The van der Waals surface area contributed by atoms with Crippen molar-refractivity contribution < 1.29 is 4.21 Å². The molecule has 84 valence electrons. The van der Waals surface area contributed by atoms with E-state index in [-0.39, 0.29) is 0 Å². The van der Waals surface area contributed by atoms with Crippen LogP contribution in [-0.2, 0) is 17.3 Å². The second-order valence-electron chi connectivity index (χ2n) is 3.47. The highest BCUT2D eigenvalue weighted by molar-refractivity contribution is 7.84. The van der Waals surface area contributed by atoms with E-state index in [4.69, 9.17) is 0 Å². The molecule has 1 aromatic carbocycles. The average Bonchev–Trinajstić information content (AvgIpc) is 2.79. The molecule has 0 fully saturated rings. The average molecular weight is 251 g/mol. The minimum Gasteiger partial charge on any atom is -0.381 e. The highest BCUT2D eigenvalue weighted by Crippen LogP contribution is 2.15. The standard InChI is InChI=1S/C12H13NOS2/c1-16(14)12-4-2-3-11(7-12)13-8-10-5-6-15-9-10/h2-7,9,13H,8H2,1H3. The van der Waals surface area contributed by atoms with E-state index in [9.17, 15) is 4.21 Å². The van der Waals surface area contributed by atoms with E-state index in [1.54, 1.807) is 17.6 Å². The number of rotatable bonds is 4. The van der Waals surface area contributed by atoms with E-state index < -0.39 is 10.8 Å². The van der Waals surface area contributed by atoms with Gasteiger partial charge in [0.2, 0.25) is 0 Å². The van der Waals surface area contributed by atoms with E-state index in [0.29, 0.717) is 0 Å². The van der Waals surface area contributed by atoms with Crippen molar-refractivity contribution in [1.29, 1.82) is 0 Å². The molecule has 1 heterocycles. The summed E-state index contributed by atoms with van der Waals surface area (Å²) in [7, 11) is -0.917. The van der Waals surface area contributed by atoms with Gasteiger partial charge < -0.3 is 5.32 Å². The fourth-order valence-corrected chi connectivity index (χ4v) is 2.61. The second-order valence-corrected chi connectivity index (χ2v) is 5.63. The molecule has 0 bridgehead atoms. The molecule has 2 rings (SSSR count). The molecule has 0 saturated carbocycles. The van der Waals surface area contributed by atoms with Gasteiger partial charge >= 0.3 is 0 Å². The van der Waals surface area contributed by atoms with Crippen LogP contribution in [-0.4, -0.2) is 10.5 Å². The summed E-state index contributed by atoms with van der Waals surface area (Å²) >= 11 is 1.69. The van der Waals surface area contributed by atoms with Crippen LogP contribution in [0.4, 0.5) is 5.69 Å². The van der Waals surface area contributed by atoms with Crippen LogP contribution in [0.15, 0.2) is 46.0 Å². The summed E-state index contributed by atoms with van der Waals surface area (Å²) in [6, 6.07) is 9.82. The first-order chi connectivity index (χ1) is 7.75. The number of hydrogen-bond acceptors (Lipinski definition) is 3. The van der Waals surface area contributed by atoms with Crippen molar-refractivity contribution in [3.63, 3.8) is 0 Å². The van der Waals surface area contributed by atoms with Crippen molar-refractivity contribution in [2.24, 2.45) is 0 Å². The maximum atomic E-state index is 11.3. The summed E-state index contributed by atoms with van der Waals surface area (Å²) in [5, 5.41) is 7.50. The summed E-state index contributed by atoms with van der Waals surface area (Å²) in [5.74, 6) is 0. The number of nitrogens with one attached hydrogen (secondary N) is 1. The van der Waals surface area contributed by atoms with Gasteiger partial charge in [-0.3, -0.25) is 4.21 Å². The normalized spacial score (nSPS) is 12.3. The van der Waals surface area contributed by atoms with Gasteiger partial charge in [0.15, 0.2) is 0 Å². The van der Waals surface area contributed by atoms with Gasteiger partial charge in [0.05, 0.1) is 0 Å². The van der Waals surface area contributed by atoms with Gasteiger partial charge in [-0.2, -0.15) is 11.3 Å². The van der Waals surface area contributed by atoms with Gasteiger partial charge in [-0.15, -0.1) is 0 Å². The molecule has 0 aliphatic carbocycles. The SMILES string of the molecule is CS(=O)c1cccc(NCc2ccsc2)c1. The largest absolute Gasteiger partial charge is 0.381 e. The van der Waals surface area contributed by atoms with E-state index >= 15 is 0 Å². The second kappa shape index (κ2) is 5.27. The molecule has 0 aliphatic rings. The van der Waals surface area contributed by atoms with Crippen LogP contribution in [0.1, 0.15) is 5.56 Å². The highest BCUT2D eigenvalue weighted by atomic mass is 32.2. The Kier molecular flexibility index (Phi) is 3.74. The zero-order valence-corrected chi connectivity index (χ0v) is 10.6. The van der Waals surface area contributed by atoms with Crippen molar-refractivity contribution in [1.82, 2.24) is 0 Å². The van der Waals surface area contributed by atoms with Crippen molar-refractivity contribution in [3.8, 4) is 0 Å². The van der Waals surface area contributed by atoms with Crippen LogP contribution in [0, 0.1) is 0 Å². The lowest BCUT2D eigenvalue weighted by Gasteiger charge is -2.06. The third-order valence-corrected chi connectivity index (χ3v) is 3.89. The summed E-state index contributed by atoms with van der Waals surface area (Å²) in [4.78, 5) is 0.857. The van der Waals surface area contributed by atoms with Crippen molar-refractivity contribution in [2.45, 2.75) is 11.4 Å². The Bertz CT molecular complexity index is 480. The summed E-state index contributed by atoms with van der Waals surface area (Å²) in [5.41, 5.74) is 2.28. The quantitative estimate of drug-likeness (QED) is 0.904. The Hall–Kier alpha value is -1.13. The van der Waals surface area contributed by atoms with Gasteiger partial charge in [-0.25, -0.2) is 0 Å². The molecule has 0 saturated heterocycles. The maximum Gasteiger partial charge on any atom is 0.0498 e. The maximum absolute atomic E-state index is 11.3. The minimum absolute atomic E-state index is 0.809. The molecule has 4 heteroatoms. The van der Waals surface area contributed by atoms with Crippen LogP contribution >= 0.6 is 11.3 Å². The Balaban J connectivity index is 2.04. The lowest BCUT2D eigenvalue weighted by Crippen LogP contribution is -1.98. The lowest BCUT2D eigenvalue weighted by molar-refractivity contribution is 0.687. The molecule has 1 atom stereocenters. The Labute approximate surface area is 102 Å². The molecule has 0 amide bonds. The minimum atomic E-state index is -0.917. The monoisotopic (exact) mass is 251 g/mol. The van der Waals surface area contributed by atoms with Crippen LogP contribution in [0.3, 0.4) is 0 Å². The predicted molar refractivity (Wildman–Crippen MR) is 70.4 cm³/mol. The first-order valence-corrected chi connectivity index (χ1v) is 7.44. The molecule has 1 N–H and O–H groups in total. The molecule has 2 nitrogen and oxygen atoms in total. The van der Waals surface area contributed by atoms with Crippen molar-refractivity contribution in [2.75, 3.05) is 11.6 Å². The zero-order valence-electron chi connectivity index (χ0n) is 8.97. The van der Waals surface area contributed by atoms with E-state index in [2.05, 4.69) is 22.1 Å². The van der Waals surface area contributed by atoms with Crippen molar-refractivity contribution in [3.05, 3.63) is 46.7 Å². The number of benzene rings is 1. The van der Waals surface area contributed by atoms with E-state index in [0.717, 1.165) is 17.1 Å². The molecule has 0 spiro atoms. The molecular formula is C12H13NOS2. The van der Waals surface area contributed by atoms with E-state index in [1.807, 2.05) is 24.3 Å². The topological polar surface area (TPSA) is 29.1 Å². The summed E-state index contributed by atoms with van der Waals surface area (Å²) in [6.45, 7) is 0.809. The third-order valence-electron chi connectivity index (χ3n) is 2.24. The fraction of sp³-hybridized carbons (Fsp3) is 0.167. The first kappa shape index (κ1) is 11.4. The van der Waals surface area contributed by atoms with Crippen molar-refractivity contribution >= 4 is 27.8 Å². The molecule has 16 heavy (non-hydrogen) atoms. The molecule has 0 aliphatic heterocycles. The fourth-order valence-electron chi connectivity index (χ4n) is 1.38. The van der Waals surface area contributed by atoms with Crippen LogP contribution in [0.25, 0.3) is 0 Å². The summed E-state index contributed by atoms with van der Waals surface area (Å²) in [6.07, 6.45) is 1.69. The number of hydrogen-bond donors (Lipinski definition) is 1. The smallest absolute Gasteiger partial charge is 0.0498 e. The number of thiophene rings is 1. The first-order valence-electron chi connectivity index (χ1n) is 4.94. The van der Waals surface area contributed by atoms with Gasteiger partial charge in [0, 0.05) is 34.2 Å². The van der Waals surface area contributed by atoms with Gasteiger partial charge in [-0.1, -0.05) is 6.07 Å². The lowest BCUT2D eigenvalue weighted by atomic mass is 10.3. The third kappa shape index (κ3) is 2.93. The van der Waals surface area contributed by atoms with Gasteiger partial charge in [-0.05, 0) is 40.6 Å². The van der Waals surface area contributed by atoms with Crippen LogP contribution < -0.4 is 5.32 Å². The number of anilines is 1. The highest BCUT2D eigenvalue weighted by Gasteiger charge is 1.99. The Morgan fingerprint density at radius 1 is 1.38 bits per heavy atom. The van der Waals surface area contributed by atoms with Gasteiger partial charge in [0.1, 0.15) is 0 Å². The van der Waals surface area contributed by atoms with Crippen LogP contribution in [0.2, 0.25) is 0 Å². The van der Waals surface area contributed by atoms with Gasteiger partial charge in [0.25, 0.3) is 0 Å².